The van der Waals surface area contributed by atoms with E-state index < -0.39 is 12.0 Å². The smallest absolute Gasteiger partial charge is 0.328 e. The van der Waals surface area contributed by atoms with Crippen LogP contribution in [0.4, 0.5) is 0 Å². The fraction of sp³-hybridized carbons (Fsp3) is 0.154. The number of hydrogen-bond acceptors (Lipinski definition) is 3. The van der Waals surface area contributed by atoms with E-state index in [0.717, 1.165) is 11.1 Å². The molecule has 4 heteroatoms. The van der Waals surface area contributed by atoms with Crippen LogP contribution in [-0.4, -0.2) is 25.0 Å². The predicted octanol–water partition coefficient (Wildman–Crippen LogP) is 4.88. The molecule has 0 fully saturated rings. The highest BCUT2D eigenvalue weighted by atomic mass is 16.5. The van der Waals surface area contributed by atoms with Crippen molar-refractivity contribution in [3.8, 4) is 11.1 Å². The molecule has 0 unspecified atom stereocenters. The first-order valence-electron chi connectivity index (χ1n) is 9.91. The first-order valence-corrected chi connectivity index (χ1v) is 9.91. The molecule has 0 radical (unpaired) electrons. The highest BCUT2D eigenvalue weighted by Gasteiger charge is 2.20. The SMILES string of the molecule is COC(=O)[C@H](Cc1ccc(-c2c3ccccc3cc3ccccc23)cc1)NC(C)=O. The molecule has 0 bridgehead atoms. The largest absolute Gasteiger partial charge is 0.467 e. The van der Waals surface area contributed by atoms with Gasteiger partial charge in [-0.05, 0) is 44.3 Å². The molecule has 4 nitrogen and oxygen atoms in total. The number of benzene rings is 4. The molecule has 1 amide bonds. The zero-order valence-corrected chi connectivity index (χ0v) is 17.0. The van der Waals surface area contributed by atoms with Gasteiger partial charge in [0.1, 0.15) is 6.04 Å². The topological polar surface area (TPSA) is 55.4 Å². The molecule has 0 saturated carbocycles. The van der Waals surface area contributed by atoms with Crippen LogP contribution in [0.15, 0.2) is 78.9 Å². The maximum atomic E-state index is 12.0. The molecule has 4 aromatic rings. The number of esters is 1. The molecule has 30 heavy (non-hydrogen) atoms. The summed E-state index contributed by atoms with van der Waals surface area (Å²) in [6.07, 6.45) is 0.378. The van der Waals surface area contributed by atoms with E-state index in [-0.39, 0.29) is 5.91 Å². The van der Waals surface area contributed by atoms with Crippen molar-refractivity contribution in [1.82, 2.24) is 5.32 Å². The van der Waals surface area contributed by atoms with Crippen molar-refractivity contribution < 1.29 is 14.3 Å². The Morgan fingerprint density at radius 1 is 0.867 bits per heavy atom. The summed E-state index contributed by atoms with van der Waals surface area (Å²) in [5.41, 5.74) is 3.26. The Bertz CT molecular complexity index is 1170. The standard InChI is InChI=1S/C26H23NO3/c1-17(28)27-24(26(29)30-2)15-18-11-13-19(14-12-18)25-22-9-5-3-7-20(22)16-21-8-4-6-10-23(21)25/h3-14,16,24H,15H2,1-2H3,(H,27,28)/t24-/m0/s1. The van der Waals surface area contributed by atoms with Crippen LogP contribution in [0.25, 0.3) is 32.7 Å². The van der Waals surface area contributed by atoms with Crippen LogP contribution in [0.5, 0.6) is 0 Å². The van der Waals surface area contributed by atoms with E-state index in [0.29, 0.717) is 6.42 Å². The van der Waals surface area contributed by atoms with E-state index in [1.807, 2.05) is 12.1 Å². The van der Waals surface area contributed by atoms with Crippen LogP contribution in [0.2, 0.25) is 0 Å². The van der Waals surface area contributed by atoms with Gasteiger partial charge in [-0.25, -0.2) is 4.79 Å². The first-order chi connectivity index (χ1) is 14.6. The highest BCUT2D eigenvalue weighted by molar-refractivity contribution is 6.12. The Morgan fingerprint density at radius 2 is 1.43 bits per heavy atom. The van der Waals surface area contributed by atoms with Crippen LogP contribution in [0.1, 0.15) is 12.5 Å². The second-order valence-electron chi connectivity index (χ2n) is 7.37. The Morgan fingerprint density at radius 3 is 1.97 bits per heavy atom. The van der Waals surface area contributed by atoms with Crippen LogP contribution in [-0.2, 0) is 20.7 Å². The molecule has 1 N–H and O–H groups in total. The number of methoxy groups -OCH3 is 1. The normalized spacial score (nSPS) is 11.9. The quantitative estimate of drug-likeness (QED) is 0.386. The molecule has 4 rings (SSSR count). The fourth-order valence-corrected chi connectivity index (χ4v) is 3.95. The van der Waals surface area contributed by atoms with E-state index in [4.69, 9.17) is 4.74 Å². The van der Waals surface area contributed by atoms with Gasteiger partial charge in [0.2, 0.25) is 5.91 Å². The lowest BCUT2D eigenvalue weighted by Crippen LogP contribution is -2.41. The summed E-state index contributed by atoms with van der Waals surface area (Å²) in [6, 6.07) is 26.5. The number of nitrogens with one attached hydrogen (secondary N) is 1. The molecule has 4 aromatic carbocycles. The fourth-order valence-electron chi connectivity index (χ4n) is 3.95. The lowest BCUT2D eigenvalue weighted by molar-refractivity contribution is -0.144. The van der Waals surface area contributed by atoms with Gasteiger partial charge in [0.05, 0.1) is 7.11 Å². The van der Waals surface area contributed by atoms with Crippen molar-refractivity contribution in [2.45, 2.75) is 19.4 Å². The molecule has 0 aliphatic carbocycles. The lowest BCUT2D eigenvalue weighted by Gasteiger charge is -2.16. The summed E-state index contributed by atoms with van der Waals surface area (Å²) in [6.45, 7) is 1.39. The van der Waals surface area contributed by atoms with Gasteiger partial charge in [-0.3, -0.25) is 4.79 Å². The average molecular weight is 397 g/mol. The van der Waals surface area contributed by atoms with E-state index in [2.05, 4.69) is 72.0 Å². The minimum atomic E-state index is -0.697. The monoisotopic (exact) mass is 397 g/mol. The van der Waals surface area contributed by atoms with Crippen LogP contribution in [0, 0.1) is 0 Å². The number of fused-ring (bicyclic) bond motifs is 2. The number of carbonyl (C=O) groups excluding carboxylic acids is 2. The number of carbonyl (C=O) groups is 2. The minimum Gasteiger partial charge on any atom is -0.467 e. The summed E-state index contributed by atoms with van der Waals surface area (Å²) >= 11 is 0. The highest BCUT2D eigenvalue weighted by Crippen LogP contribution is 2.36. The molecule has 0 spiro atoms. The summed E-state index contributed by atoms with van der Waals surface area (Å²) < 4.78 is 4.82. The van der Waals surface area contributed by atoms with E-state index >= 15 is 0 Å². The Labute approximate surface area is 175 Å². The Hall–Kier alpha value is -3.66. The zero-order valence-electron chi connectivity index (χ0n) is 17.0. The predicted molar refractivity (Wildman–Crippen MR) is 120 cm³/mol. The van der Waals surface area contributed by atoms with Crippen molar-refractivity contribution >= 4 is 33.4 Å². The third-order valence-corrected chi connectivity index (χ3v) is 5.32. The van der Waals surface area contributed by atoms with Gasteiger partial charge in [0, 0.05) is 13.3 Å². The zero-order chi connectivity index (χ0) is 21.1. The molecule has 0 saturated heterocycles. The Kier molecular flexibility index (Phi) is 5.48. The van der Waals surface area contributed by atoms with Crippen LogP contribution >= 0.6 is 0 Å². The van der Waals surface area contributed by atoms with Crippen molar-refractivity contribution in [3.05, 3.63) is 84.4 Å². The van der Waals surface area contributed by atoms with Crippen molar-refractivity contribution in [2.24, 2.45) is 0 Å². The minimum absolute atomic E-state index is 0.260. The number of hydrogen-bond donors (Lipinski definition) is 1. The molecule has 0 aliphatic heterocycles. The molecular weight excluding hydrogens is 374 g/mol. The summed E-state index contributed by atoms with van der Waals surface area (Å²) in [4.78, 5) is 23.4. The van der Waals surface area contributed by atoms with Gasteiger partial charge < -0.3 is 10.1 Å². The molecule has 1 atom stereocenters. The molecule has 0 heterocycles. The van der Waals surface area contributed by atoms with Crippen molar-refractivity contribution in [1.29, 1.82) is 0 Å². The van der Waals surface area contributed by atoms with Crippen LogP contribution < -0.4 is 5.32 Å². The van der Waals surface area contributed by atoms with Gasteiger partial charge in [0.25, 0.3) is 0 Å². The number of ether oxygens (including phenoxy) is 1. The van der Waals surface area contributed by atoms with Gasteiger partial charge in [-0.15, -0.1) is 0 Å². The third-order valence-electron chi connectivity index (χ3n) is 5.32. The molecular formula is C26H23NO3. The maximum absolute atomic E-state index is 12.0. The maximum Gasteiger partial charge on any atom is 0.328 e. The van der Waals surface area contributed by atoms with E-state index in [1.165, 1.54) is 41.1 Å². The van der Waals surface area contributed by atoms with Gasteiger partial charge in [-0.1, -0.05) is 72.8 Å². The first kappa shape index (κ1) is 19.6. The van der Waals surface area contributed by atoms with Crippen molar-refractivity contribution in [2.75, 3.05) is 7.11 Å². The average Bonchev–Trinajstić information content (AvgIpc) is 2.76. The lowest BCUT2D eigenvalue weighted by atomic mass is 9.91. The van der Waals surface area contributed by atoms with E-state index in [9.17, 15) is 9.59 Å². The molecule has 150 valence electrons. The second-order valence-corrected chi connectivity index (χ2v) is 7.37. The van der Waals surface area contributed by atoms with Crippen molar-refractivity contribution in [3.63, 3.8) is 0 Å². The summed E-state index contributed by atoms with van der Waals surface area (Å²) in [7, 11) is 1.33. The van der Waals surface area contributed by atoms with E-state index in [1.54, 1.807) is 0 Å². The molecule has 0 aliphatic rings. The van der Waals surface area contributed by atoms with Gasteiger partial charge in [-0.2, -0.15) is 0 Å². The second kappa shape index (κ2) is 8.37. The third kappa shape index (κ3) is 3.90. The summed E-state index contributed by atoms with van der Waals surface area (Å²) in [5.74, 6) is -0.710. The van der Waals surface area contributed by atoms with Gasteiger partial charge >= 0.3 is 5.97 Å². The van der Waals surface area contributed by atoms with Crippen LogP contribution in [0.3, 0.4) is 0 Å². The number of amides is 1. The Balaban J connectivity index is 1.74. The molecule has 0 aromatic heterocycles. The van der Waals surface area contributed by atoms with Gasteiger partial charge in [0.15, 0.2) is 0 Å². The number of rotatable bonds is 5. The summed E-state index contributed by atoms with van der Waals surface area (Å²) in [5, 5.41) is 7.47.